The van der Waals surface area contributed by atoms with E-state index in [0.29, 0.717) is 6.17 Å². The lowest BCUT2D eigenvalue weighted by Crippen LogP contribution is -2.47. The van der Waals surface area contributed by atoms with Crippen molar-refractivity contribution in [3.8, 4) is 0 Å². The fourth-order valence-corrected chi connectivity index (χ4v) is 2.59. The zero-order valence-corrected chi connectivity index (χ0v) is 10.9. The van der Waals surface area contributed by atoms with Gasteiger partial charge in [-0.1, -0.05) is 43.7 Å². The molecule has 17 heavy (non-hydrogen) atoms. The van der Waals surface area contributed by atoms with E-state index in [1.807, 2.05) is 0 Å². The van der Waals surface area contributed by atoms with E-state index in [1.165, 1.54) is 44.3 Å². The SMILES string of the molecule is CCC(NCc1ccccc1)N1CCCCC1. The standard InChI is InChI=1S/C15H24N2/c1-2-15(17-11-7-4-8-12-17)16-13-14-9-5-3-6-10-14/h3,5-6,9-10,15-16H,2,4,7-8,11-13H2,1H3. The van der Waals surface area contributed by atoms with Crippen molar-refractivity contribution in [2.24, 2.45) is 0 Å². The average Bonchev–Trinajstić information content (AvgIpc) is 2.42. The number of nitrogens with zero attached hydrogens (tertiary/aromatic N) is 1. The molecule has 1 fully saturated rings. The molecule has 2 rings (SSSR count). The minimum atomic E-state index is 0.551. The van der Waals surface area contributed by atoms with Crippen LogP contribution in [-0.4, -0.2) is 24.2 Å². The second-order valence-corrected chi connectivity index (χ2v) is 4.89. The smallest absolute Gasteiger partial charge is 0.0596 e. The summed E-state index contributed by atoms with van der Waals surface area (Å²) in [7, 11) is 0. The molecule has 1 heterocycles. The normalized spacial score (nSPS) is 19.1. The predicted octanol–water partition coefficient (Wildman–Crippen LogP) is 3.00. The first-order valence-corrected chi connectivity index (χ1v) is 6.91. The lowest BCUT2D eigenvalue weighted by Gasteiger charge is -2.34. The summed E-state index contributed by atoms with van der Waals surface area (Å²) in [6.07, 6.45) is 5.88. The quantitative estimate of drug-likeness (QED) is 0.839. The van der Waals surface area contributed by atoms with Gasteiger partial charge in [0.05, 0.1) is 6.17 Å². The van der Waals surface area contributed by atoms with Crippen LogP contribution in [0.2, 0.25) is 0 Å². The molecule has 0 bridgehead atoms. The van der Waals surface area contributed by atoms with E-state index in [0.717, 1.165) is 6.54 Å². The lowest BCUT2D eigenvalue weighted by atomic mass is 10.1. The molecule has 1 atom stereocenters. The molecule has 1 aromatic carbocycles. The second kappa shape index (κ2) is 6.77. The highest BCUT2D eigenvalue weighted by atomic mass is 15.3. The van der Waals surface area contributed by atoms with Crippen LogP contribution in [-0.2, 0) is 6.54 Å². The Hall–Kier alpha value is -0.860. The van der Waals surface area contributed by atoms with Crippen molar-refractivity contribution in [1.82, 2.24) is 10.2 Å². The summed E-state index contributed by atoms with van der Waals surface area (Å²) in [4.78, 5) is 2.60. The van der Waals surface area contributed by atoms with Gasteiger partial charge in [0.25, 0.3) is 0 Å². The van der Waals surface area contributed by atoms with Crippen LogP contribution in [0, 0.1) is 0 Å². The van der Waals surface area contributed by atoms with Gasteiger partial charge in [-0.3, -0.25) is 10.2 Å². The van der Waals surface area contributed by atoms with Crippen molar-refractivity contribution < 1.29 is 0 Å². The number of hydrogen-bond donors (Lipinski definition) is 1. The summed E-state index contributed by atoms with van der Waals surface area (Å²) in [5.74, 6) is 0. The molecule has 0 saturated carbocycles. The van der Waals surface area contributed by atoms with E-state index in [2.05, 4.69) is 47.5 Å². The van der Waals surface area contributed by atoms with Crippen molar-refractivity contribution in [3.63, 3.8) is 0 Å². The molecular weight excluding hydrogens is 208 g/mol. The molecule has 2 heteroatoms. The zero-order chi connectivity index (χ0) is 11.9. The largest absolute Gasteiger partial charge is 0.298 e. The zero-order valence-electron chi connectivity index (χ0n) is 10.9. The summed E-state index contributed by atoms with van der Waals surface area (Å²) in [6.45, 7) is 5.79. The molecule has 1 aromatic rings. The van der Waals surface area contributed by atoms with E-state index in [1.54, 1.807) is 0 Å². The van der Waals surface area contributed by atoms with Crippen molar-refractivity contribution in [3.05, 3.63) is 35.9 Å². The van der Waals surface area contributed by atoms with Gasteiger partial charge in [0.2, 0.25) is 0 Å². The van der Waals surface area contributed by atoms with Gasteiger partial charge in [-0.25, -0.2) is 0 Å². The Morgan fingerprint density at radius 1 is 1.12 bits per heavy atom. The molecular formula is C15H24N2. The summed E-state index contributed by atoms with van der Waals surface area (Å²) < 4.78 is 0. The Morgan fingerprint density at radius 2 is 1.82 bits per heavy atom. The van der Waals surface area contributed by atoms with Gasteiger partial charge < -0.3 is 0 Å². The van der Waals surface area contributed by atoms with Gasteiger partial charge >= 0.3 is 0 Å². The maximum absolute atomic E-state index is 3.68. The molecule has 2 nitrogen and oxygen atoms in total. The van der Waals surface area contributed by atoms with E-state index in [9.17, 15) is 0 Å². The summed E-state index contributed by atoms with van der Waals surface area (Å²) >= 11 is 0. The highest BCUT2D eigenvalue weighted by Crippen LogP contribution is 2.13. The molecule has 0 aromatic heterocycles. The number of piperidine rings is 1. The van der Waals surface area contributed by atoms with Crippen LogP contribution in [0.1, 0.15) is 38.2 Å². The van der Waals surface area contributed by atoms with Gasteiger partial charge in [-0.05, 0) is 37.9 Å². The highest BCUT2D eigenvalue weighted by molar-refractivity contribution is 5.14. The molecule has 0 radical (unpaired) electrons. The van der Waals surface area contributed by atoms with Crippen molar-refractivity contribution in [2.75, 3.05) is 13.1 Å². The first-order valence-electron chi connectivity index (χ1n) is 6.91. The van der Waals surface area contributed by atoms with E-state index in [-0.39, 0.29) is 0 Å². The molecule has 0 aliphatic carbocycles. The number of benzene rings is 1. The van der Waals surface area contributed by atoms with E-state index in [4.69, 9.17) is 0 Å². The number of hydrogen-bond acceptors (Lipinski definition) is 2. The number of rotatable bonds is 5. The Labute approximate surface area is 105 Å². The van der Waals surface area contributed by atoms with Gasteiger partial charge in [-0.2, -0.15) is 0 Å². The summed E-state index contributed by atoms with van der Waals surface area (Å²) in [5.41, 5.74) is 1.38. The number of likely N-dealkylation sites (tertiary alicyclic amines) is 1. The predicted molar refractivity (Wildman–Crippen MR) is 72.8 cm³/mol. The Morgan fingerprint density at radius 3 is 2.47 bits per heavy atom. The first-order chi connectivity index (χ1) is 8.40. The van der Waals surface area contributed by atoms with Crippen LogP contribution >= 0.6 is 0 Å². The van der Waals surface area contributed by atoms with Crippen LogP contribution in [0.25, 0.3) is 0 Å². The van der Waals surface area contributed by atoms with Gasteiger partial charge in [-0.15, -0.1) is 0 Å². The summed E-state index contributed by atoms with van der Waals surface area (Å²) in [5, 5.41) is 3.68. The molecule has 1 aliphatic heterocycles. The maximum atomic E-state index is 3.68. The average molecular weight is 232 g/mol. The van der Waals surface area contributed by atoms with Crippen molar-refractivity contribution in [2.45, 2.75) is 45.3 Å². The molecule has 1 N–H and O–H groups in total. The van der Waals surface area contributed by atoms with Gasteiger partial charge in [0, 0.05) is 6.54 Å². The first kappa shape index (κ1) is 12.6. The monoisotopic (exact) mass is 232 g/mol. The van der Waals surface area contributed by atoms with Crippen LogP contribution in [0.3, 0.4) is 0 Å². The molecule has 94 valence electrons. The number of nitrogens with one attached hydrogen (secondary N) is 1. The Balaban J connectivity index is 1.82. The Bertz CT molecular complexity index is 304. The highest BCUT2D eigenvalue weighted by Gasteiger charge is 2.18. The van der Waals surface area contributed by atoms with Crippen molar-refractivity contribution in [1.29, 1.82) is 0 Å². The van der Waals surface area contributed by atoms with E-state index >= 15 is 0 Å². The fourth-order valence-electron chi connectivity index (χ4n) is 2.59. The third-order valence-corrected chi connectivity index (χ3v) is 3.60. The third kappa shape index (κ3) is 3.83. The topological polar surface area (TPSA) is 15.3 Å². The van der Waals surface area contributed by atoms with Gasteiger partial charge in [0.15, 0.2) is 0 Å². The van der Waals surface area contributed by atoms with Crippen molar-refractivity contribution >= 4 is 0 Å². The van der Waals surface area contributed by atoms with Gasteiger partial charge in [0.1, 0.15) is 0 Å². The fraction of sp³-hybridized carbons (Fsp3) is 0.600. The second-order valence-electron chi connectivity index (χ2n) is 4.89. The van der Waals surface area contributed by atoms with Crippen LogP contribution < -0.4 is 5.32 Å². The van der Waals surface area contributed by atoms with Crippen LogP contribution in [0.4, 0.5) is 0 Å². The minimum absolute atomic E-state index is 0.551. The lowest BCUT2D eigenvalue weighted by molar-refractivity contribution is 0.131. The Kier molecular flexibility index (Phi) is 5.02. The van der Waals surface area contributed by atoms with E-state index < -0.39 is 0 Å². The van der Waals surface area contributed by atoms with Crippen LogP contribution in [0.15, 0.2) is 30.3 Å². The maximum Gasteiger partial charge on any atom is 0.0596 e. The van der Waals surface area contributed by atoms with Crippen LogP contribution in [0.5, 0.6) is 0 Å². The molecule has 0 amide bonds. The minimum Gasteiger partial charge on any atom is -0.298 e. The molecule has 1 saturated heterocycles. The molecule has 1 unspecified atom stereocenters. The molecule has 0 spiro atoms. The summed E-state index contributed by atoms with van der Waals surface area (Å²) in [6, 6.07) is 10.7. The molecule has 1 aliphatic rings. The third-order valence-electron chi connectivity index (χ3n) is 3.60.